The summed E-state index contributed by atoms with van der Waals surface area (Å²) in [5, 5.41) is 11.6. The SMILES string of the molecule is Cc1cc(C)cc(C(=O)[NH+]([O-])Cc2ccncc2)c1. The van der Waals surface area contributed by atoms with E-state index in [1.807, 2.05) is 19.9 Å². The summed E-state index contributed by atoms with van der Waals surface area (Å²) in [6.07, 6.45) is 3.23. The molecule has 0 saturated heterocycles. The zero-order valence-electron chi connectivity index (χ0n) is 11.0. The van der Waals surface area contributed by atoms with Gasteiger partial charge >= 0.3 is 5.91 Å². The fourth-order valence-corrected chi connectivity index (χ4v) is 2.03. The van der Waals surface area contributed by atoms with E-state index in [1.54, 1.807) is 36.7 Å². The molecule has 2 aromatic rings. The lowest BCUT2D eigenvalue weighted by Crippen LogP contribution is -3.08. The maximum Gasteiger partial charge on any atom is 0.344 e. The molecular formula is C15H16N2O2. The van der Waals surface area contributed by atoms with Crippen LogP contribution in [0.1, 0.15) is 27.0 Å². The molecule has 1 aromatic heterocycles. The van der Waals surface area contributed by atoms with Gasteiger partial charge in [0.15, 0.2) is 0 Å². The summed E-state index contributed by atoms with van der Waals surface area (Å²) in [6, 6.07) is 8.96. The van der Waals surface area contributed by atoms with Crippen LogP contribution in [-0.2, 0) is 6.54 Å². The van der Waals surface area contributed by atoms with E-state index in [9.17, 15) is 10.0 Å². The quantitative estimate of drug-likeness (QED) is 0.845. The van der Waals surface area contributed by atoms with Gasteiger partial charge in [-0.1, -0.05) is 6.07 Å². The van der Waals surface area contributed by atoms with Crippen molar-refractivity contribution in [2.45, 2.75) is 20.4 Å². The molecular weight excluding hydrogens is 240 g/mol. The third-order valence-electron chi connectivity index (χ3n) is 2.85. The Bertz CT molecular complexity index is 562. The molecule has 0 radical (unpaired) electrons. The van der Waals surface area contributed by atoms with Gasteiger partial charge in [0.2, 0.25) is 0 Å². The molecule has 0 saturated carbocycles. The summed E-state index contributed by atoms with van der Waals surface area (Å²) in [4.78, 5) is 16.0. The van der Waals surface area contributed by atoms with Crippen molar-refractivity contribution in [2.75, 3.05) is 0 Å². The fourth-order valence-electron chi connectivity index (χ4n) is 2.03. The minimum absolute atomic E-state index is 0.119. The van der Waals surface area contributed by atoms with E-state index in [1.165, 1.54) is 0 Å². The van der Waals surface area contributed by atoms with Gasteiger partial charge in [0.25, 0.3) is 0 Å². The molecule has 1 heterocycles. The standard InChI is InChI=1S/C15H16N2O2/c1-11-7-12(2)9-14(8-11)15(18)17(19)10-13-3-5-16-6-4-13/h3-9,17H,10H2,1-2H3. The van der Waals surface area contributed by atoms with Crippen molar-refractivity contribution in [1.29, 1.82) is 0 Å². The number of pyridine rings is 1. The summed E-state index contributed by atoms with van der Waals surface area (Å²) in [6.45, 7) is 3.95. The average molecular weight is 256 g/mol. The van der Waals surface area contributed by atoms with E-state index in [0.717, 1.165) is 16.7 Å². The molecule has 0 aliphatic rings. The third kappa shape index (κ3) is 3.47. The number of amides is 1. The van der Waals surface area contributed by atoms with E-state index < -0.39 is 11.0 Å². The highest BCUT2D eigenvalue weighted by atomic mass is 16.5. The number of hydrogen-bond acceptors (Lipinski definition) is 3. The Morgan fingerprint density at radius 2 is 1.74 bits per heavy atom. The Balaban J connectivity index is 2.15. The number of hydrogen-bond donors (Lipinski definition) is 1. The highest BCUT2D eigenvalue weighted by molar-refractivity contribution is 5.87. The summed E-state index contributed by atoms with van der Waals surface area (Å²) in [7, 11) is 0. The van der Waals surface area contributed by atoms with Crippen molar-refractivity contribution in [3.05, 3.63) is 70.2 Å². The van der Waals surface area contributed by atoms with Gasteiger partial charge in [0.05, 0.1) is 5.56 Å². The maximum atomic E-state index is 12.1. The Labute approximate surface area is 112 Å². The van der Waals surface area contributed by atoms with Crippen LogP contribution in [0.2, 0.25) is 0 Å². The molecule has 0 fully saturated rings. The minimum Gasteiger partial charge on any atom is -0.626 e. The van der Waals surface area contributed by atoms with E-state index in [-0.39, 0.29) is 6.54 Å². The van der Waals surface area contributed by atoms with Crippen LogP contribution in [-0.4, -0.2) is 10.9 Å². The summed E-state index contributed by atoms with van der Waals surface area (Å²) >= 11 is 0. The molecule has 19 heavy (non-hydrogen) atoms. The molecule has 98 valence electrons. The number of aromatic nitrogens is 1. The highest BCUT2D eigenvalue weighted by Crippen LogP contribution is 2.08. The minimum atomic E-state index is -0.427. The topological polar surface area (TPSA) is 57.5 Å². The van der Waals surface area contributed by atoms with Crippen LogP contribution in [0.15, 0.2) is 42.7 Å². The van der Waals surface area contributed by atoms with E-state index >= 15 is 0 Å². The van der Waals surface area contributed by atoms with Gasteiger partial charge in [-0.3, -0.25) is 4.98 Å². The van der Waals surface area contributed by atoms with Crippen molar-refractivity contribution in [1.82, 2.24) is 4.98 Å². The molecule has 4 nitrogen and oxygen atoms in total. The van der Waals surface area contributed by atoms with E-state index in [0.29, 0.717) is 5.56 Å². The van der Waals surface area contributed by atoms with Crippen molar-refractivity contribution in [3.63, 3.8) is 0 Å². The number of aryl methyl sites for hydroxylation is 2. The largest absolute Gasteiger partial charge is 0.626 e. The first-order valence-electron chi connectivity index (χ1n) is 6.11. The second-order valence-electron chi connectivity index (χ2n) is 4.66. The predicted octanol–water partition coefficient (Wildman–Crippen LogP) is 1.42. The van der Waals surface area contributed by atoms with Crippen LogP contribution in [0, 0.1) is 19.1 Å². The second kappa shape index (κ2) is 5.73. The number of nitrogens with one attached hydrogen (secondary N) is 1. The van der Waals surface area contributed by atoms with Gasteiger partial charge < -0.3 is 10.3 Å². The summed E-state index contributed by atoms with van der Waals surface area (Å²) in [5.41, 5.74) is 3.24. The Morgan fingerprint density at radius 1 is 1.16 bits per heavy atom. The molecule has 1 aromatic carbocycles. The smallest absolute Gasteiger partial charge is 0.344 e. The molecule has 0 bridgehead atoms. The van der Waals surface area contributed by atoms with E-state index in [4.69, 9.17) is 0 Å². The third-order valence-corrected chi connectivity index (χ3v) is 2.85. The molecule has 4 heteroatoms. The predicted molar refractivity (Wildman–Crippen MR) is 72.5 cm³/mol. The van der Waals surface area contributed by atoms with Crippen LogP contribution in [0.25, 0.3) is 0 Å². The van der Waals surface area contributed by atoms with Gasteiger partial charge in [0, 0.05) is 18.0 Å². The van der Waals surface area contributed by atoms with Crippen molar-refractivity contribution < 1.29 is 9.86 Å². The van der Waals surface area contributed by atoms with Gasteiger partial charge in [0.1, 0.15) is 6.54 Å². The van der Waals surface area contributed by atoms with Gasteiger partial charge in [-0.25, -0.2) is 4.79 Å². The first kappa shape index (κ1) is 13.4. The van der Waals surface area contributed by atoms with Gasteiger partial charge in [-0.05, 0) is 49.2 Å². The van der Waals surface area contributed by atoms with Crippen LogP contribution >= 0.6 is 0 Å². The lowest BCUT2D eigenvalue weighted by Gasteiger charge is -2.19. The monoisotopic (exact) mass is 256 g/mol. The Kier molecular flexibility index (Phi) is 4.04. The van der Waals surface area contributed by atoms with Gasteiger partial charge in [-0.15, -0.1) is 0 Å². The lowest BCUT2D eigenvalue weighted by atomic mass is 10.1. The lowest BCUT2D eigenvalue weighted by molar-refractivity contribution is -0.773. The molecule has 2 rings (SSSR count). The zero-order valence-corrected chi connectivity index (χ0v) is 11.0. The number of carbonyl (C=O) groups is 1. The second-order valence-corrected chi connectivity index (χ2v) is 4.66. The molecule has 1 N–H and O–H groups in total. The summed E-state index contributed by atoms with van der Waals surface area (Å²) < 4.78 is 0. The van der Waals surface area contributed by atoms with Crippen LogP contribution in [0.4, 0.5) is 0 Å². The highest BCUT2D eigenvalue weighted by Gasteiger charge is 2.15. The van der Waals surface area contributed by atoms with Crippen LogP contribution in [0.5, 0.6) is 0 Å². The molecule has 0 spiro atoms. The number of rotatable bonds is 3. The normalized spacial score (nSPS) is 12.2. The fraction of sp³-hybridized carbons (Fsp3) is 0.200. The first-order valence-corrected chi connectivity index (χ1v) is 6.11. The maximum absolute atomic E-state index is 12.1. The molecule has 0 aliphatic heterocycles. The Morgan fingerprint density at radius 3 is 2.32 bits per heavy atom. The average Bonchev–Trinajstić information content (AvgIpc) is 2.37. The first-order chi connectivity index (χ1) is 9.06. The summed E-state index contributed by atoms with van der Waals surface area (Å²) in [5.74, 6) is -0.427. The number of nitrogens with zero attached hydrogens (tertiary/aromatic N) is 1. The number of carbonyl (C=O) groups excluding carboxylic acids is 1. The van der Waals surface area contributed by atoms with Crippen LogP contribution < -0.4 is 5.06 Å². The molecule has 1 unspecified atom stereocenters. The molecule has 0 aliphatic carbocycles. The number of hydroxylamine groups is 2. The van der Waals surface area contributed by atoms with Crippen molar-refractivity contribution in [3.8, 4) is 0 Å². The molecule has 1 atom stereocenters. The van der Waals surface area contributed by atoms with Crippen LogP contribution in [0.3, 0.4) is 0 Å². The number of quaternary nitrogens is 1. The molecule has 1 amide bonds. The number of benzene rings is 1. The van der Waals surface area contributed by atoms with Crippen molar-refractivity contribution >= 4 is 5.91 Å². The van der Waals surface area contributed by atoms with Gasteiger partial charge in [-0.2, -0.15) is 0 Å². The van der Waals surface area contributed by atoms with Crippen molar-refractivity contribution in [2.24, 2.45) is 0 Å². The Hall–Kier alpha value is -2.04. The van der Waals surface area contributed by atoms with E-state index in [2.05, 4.69) is 4.98 Å². The zero-order chi connectivity index (χ0) is 13.8.